The third-order valence-corrected chi connectivity index (χ3v) is 9.69. The monoisotopic (exact) mass is 383 g/mol. The van der Waals surface area contributed by atoms with Gasteiger partial charge in [0.1, 0.15) is 0 Å². The molecule has 4 fully saturated rings. The van der Waals surface area contributed by atoms with Crippen LogP contribution >= 0.6 is 0 Å². The first-order valence-electron chi connectivity index (χ1n) is 9.80. The molecule has 0 bridgehead atoms. The van der Waals surface area contributed by atoms with Crippen LogP contribution in [0.3, 0.4) is 0 Å². The molecule has 4 aliphatic rings. The lowest BCUT2D eigenvalue weighted by atomic mass is 9.60. The average molecular weight is 384 g/mol. The first-order valence-corrected chi connectivity index (χ1v) is 11.3. The Hall–Kier alpha value is -1.15. The van der Waals surface area contributed by atoms with Crippen LogP contribution in [0, 0.1) is 10.8 Å². The maximum absolute atomic E-state index is 13.3. The van der Waals surface area contributed by atoms with Crippen molar-refractivity contribution in [1.29, 1.82) is 0 Å². The van der Waals surface area contributed by atoms with E-state index in [0.29, 0.717) is 45.6 Å². The largest absolute Gasteiger partial charge is 0.342 e. The molecule has 0 aromatic carbocycles. The standard InChI is InChI=1S/C18H29N3O4S/c1-3-19-9-8-18(16(19)23)13-20(14(2)22)12-17(18)6-10-21(11-7-17)26(24,25)15-4-5-15/h15H,3-13H2,1-2H3/t18-/m1/s1. The highest BCUT2D eigenvalue weighted by molar-refractivity contribution is 7.90. The van der Waals surface area contributed by atoms with E-state index in [1.54, 1.807) is 11.2 Å². The minimum atomic E-state index is -3.17. The van der Waals surface area contributed by atoms with Crippen LogP contribution in [-0.4, -0.2) is 78.9 Å². The molecular formula is C18H29N3O4S. The van der Waals surface area contributed by atoms with Gasteiger partial charge in [-0.15, -0.1) is 0 Å². The van der Waals surface area contributed by atoms with Gasteiger partial charge in [0.15, 0.2) is 0 Å². The van der Waals surface area contributed by atoms with Crippen molar-refractivity contribution in [3.8, 4) is 0 Å². The van der Waals surface area contributed by atoms with E-state index < -0.39 is 15.4 Å². The van der Waals surface area contributed by atoms with Gasteiger partial charge in [0.25, 0.3) is 0 Å². The van der Waals surface area contributed by atoms with E-state index in [0.717, 1.165) is 25.8 Å². The fraction of sp³-hybridized carbons (Fsp3) is 0.889. The molecular weight excluding hydrogens is 354 g/mol. The van der Waals surface area contributed by atoms with Gasteiger partial charge in [-0.1, -0.05) is 0 Å². The topological polar surface area (TPSA) is 78.0 Å². The molecule has 0 aromatic heterocycles. The van der Waals surface area contributed by atoms with Crippen molar-refractivity contribution in [3.05, 3.63) is 0 Å². The normalized spacial score (nSPS) is 32.2. The van der Waals surface area contributed by atoms with Crippen LogP contribution in [0.15, 0.2) is 0 Å². The predicted octanol–water partition coefficient (Wildman–Crippen LogP) is 0.662. The summed E-state index contributed by atoms with van der Waals surface area (Å²) in [6.07, 6.45) is 3.67. The van der Waals surface area contributed by atoms with Crippen LogP contribution < -0.4 is 0 Å². The second kappa shape index (κ2) is 5.92. The number of carbonyl (C=O) groups excluding carboxylic acids is 2. The fourth-order valence-electron chi connectivity index (χ4n) is 5.45. The average Bonchev–Trinajstić information content (AvgIpc) is 3.36. The molecule has 7 nitrogen and oxygen atoms in total. The van der Waals surface area contributed by atoms with Crippen molar-refractivity contribution >= 4 is 21.8 Å². The van der Waals surface area contributed by atoms with E-state index in [1.165, 1.54) is 0 Å². The number of fused-ring (bicyclic) bond motifs is 1. The lowest BCUT2D eigenvalue weighted by molar-refractivity contribution is -0.141. The molecule has 4 rings (SSSR count). The van der Waals surface area contributed by atoms with Gasteiger partial charge in [-0.3, -0.25) is 9.59 Å². The molecule has 1 atom stereocenters. The zero-order valence-corrected chi connectivity index (χ0v) is 16.6. The molecule has 26 heavy (non-hydrogen) atoms. The molecule has 0 N–H and O–H groups in total. The summed E-state index contributed by atoms with van der Waals surface area (Å²) in [5.74, 6) is 0.180. The van der Waals surface area contributed by atoms with E-state index in [1.807, 2.05) is 16.7 Å². The number of nitrogens with zero attached hydrogens (tertiary/aromatic N) is 3. The molecule has 3 aliphatic heterocycles. The fourth-order valence-corrected chi connectivity index (χ4v) is 7.29. The summed E-state index contributed by atoms with van der Waals surface area (Å²) in [4.78, 5) is 29.1. The molecule has 2 spiro atoms. The van der Waals surface area contributed by atoms with E-state index in [2.05, 4.69) is 0 Å². The molecule has 8 heteroatoms. The van der Waals surface area contributed by atoms with Crippen LogP contribution in [-0.2, 0) is 19.6 Å². The molecule has 1 aliphatic carbocycles. The summed E-state index contributed by atoms with van der Waals surface area (Å²) in [6.45, 7) is 7.03. The van der Waals surface area contributed by atoms with E-state index in [9.17, 15) is 18.0 Å². The Kier molecular flexibility index (Phi) is 4.15. The van der Waals surface area contributed by atoms with Gasteiger partial charge in [-0.25, -0.2) is 12.7 Å². The Balaban J connectivity index is 1.61. The quantitative estimate of drug-likeness (QED) is 0.717. The lowest BCUT2D eigenvalue weighted by Gasteiger charge is -2.46. The summed E-state index contributed by atoms with van der Waals surface area (Å²) in [5.41, 5.74) is -0.806. The molecule has 0 radical (unpaired) electrons. The second-order valence-electron chi connectivity index (χ2n) is 8.52. The maximum atomic E-state index is 13.3. The van der Waals surface area contributed by atoms with Gasteiger partial charge in [0.2, 0.25) is 21.8 Å². The van der Waals surface area contributed by atoms with Crippen molar-refractivity contribution in [2.24, 2.45) is 10.8 Å². The molecule has 3 heterocycles. The number of hydrogen-bond acceptors (Lipinski definition) is 4. The highest BCUT2D eigenvalue weighted by Gasteiger charge is 2.65. The van der Waals surface area contributed by atoms with Gasteiger partial charge in [0.05, 0.1) is 10.7 Å². The molecule has 0 aromatic rings. The van der Waals surface area contributed by atoms with Gasteiger partial charge in [0, 0.05) is 51.6 Å². The minimum Gasteiger partial charge on any atom is -0.342 e. The number of amides is 2. The highest BCUT2D eigenvalue weighted by atomic mass is 32.2. The summed E-state index contributed by atoms with van der Waals surface area (Å²) in [7, 11) is -3.17. The van der Waals surface area contributed by atoms with Gasteiger partial charge >= 0.3 is 0 Å². The second-order valence-corrected chi connectivity index (χ2v) is 10.7. The summed E-state index contributed by atoms with van der Waals surface area (Å²) in [5, 5.41) is -0.188. The molecule has 0 unspecified atom stereocenters. The molecule has 146 valence electrons. The van der Waals surface area contributed by atoms with E-state index >= 15 is 0 Å². The Morgan fingerprint density at radius 3 is 2.27 bits per heavy atom. The molecule has 2 amide bonds. The molecule has 3 saturated heterocycles. The van der Waals surface area contributed by atoms with E-state index in [-0.39, 0.29) is 22.5 Å². The summed E-state index contributed by atoms with van der Waals surface area (Å²) < 4.78 is 26.8. The zero-order chi connectivity index (χ0) is 18.7. The third-order valence-electron chi connectivity index (χ3n) is 7.29. The Morgan fingerprint density at radius 1 is 1.12 bits per heavy atom. The zero-order valence-electron chi connectivity index (χ0n) is 15.7. The number of likely N-dealkylation sites (tertiary alicyclic amines) is 2. The van der Waals surface area contributed by atoms with Crippen molar-refractivity contribution in [3.63, 3.8) is 0 Å². The van der Waals surface area contributed by atoms with Gasteiger partial charge in [-0.2, -0.15) is 0 Å². The van der Waals surface area contributed by atoms with Crippen LogP contribution in [0.1, 0.15) is 46.0 Å². The van der Waals surface area contributed by atoms with Gasteiger partial charge < -0.3 is 9.80 Å². The number of sulfonamides is 1. The number of rotatable bonds is 3. The third kappa shape index (κ3) is 2.44. The minimum absolute atomic E-state index is 0.0111. The first-order chi connectivity index (χ1) is 12.3. The van der Waals surface area contributed by atoms with Gasteiger partial charge in [-0.05, 0) is 39.0 Å². The van der Waals surface area contributed by atoms with Crippen molar-refractivity contribution in [2.75, 3.05) is 39.3 Å². The lowest BCUT2D eigenvalue weighted by Crippen LogP contribution is -2.54. The Bertz CT molecular complexity index is 725. The Labute approximate surface area is 155 Å². The Morgan fingerprint density at radius 2 is 1.77 bits per heavy atom. The summed E-state index contributed by atoms with van der Waals surface area (Å²) in [6, 6.07) is 0. The molecule has 1 saturated carbocycles. The van der Waals surface area contributed by atoms with Crippen LogP contribution in [0.4, 0.5) is 0 Å². The predicted molar refractivity (Wildman–Crippen MR) is 96.7 cm³/mol. The van der Waals surface area contributed by atoms with E-state index in [4.69, 9.17) is 0 Å². The van der Waals surface area contributed by atoms with Crippen molar-refractivity contribution in [2.45, 2.75) is 51.2 Å². The van der Waals surface area contributed by atoms with Crippen LogP contribution in [0.25, 0.3) is 0 Å². The number of carbonyl (C=O) groups is 2. The van der Waals surface area contributed by atoms with Crippen molar-refractivity contribution in [1.82, 2.24) is 14.1 Å². The first kappa shape index (κ1) is 18.2. The van der Waals surface area contributed by atoms with Crippen LogP contribution in [0.2, 0.25) is 0 Å². The summed E-state index contributed by atoms with van der Waals surface area (Å²) >= 11 is 0. The SMILES string of the molecule is CCN1CC[C@@]2(CN(C(C)=O)CC23CCN(S(=O)(=O)C2CC2)CC3)C1=O. The maximum Gasteiger partial charge on any atom is 0.231 e. The van der Waals surface area contributed by atoms with Crippen LogP contribution in [0.5, 0.6) is 0 Å². The smallest absolute Gasteiger partial charge is 0.231 e. The number of piperidine rings is 1. The van der Waals surface area contributed by atoms with Crippen molar-refractivity contribution < 1.29 is 18.0 Å². The highest BCUT2D eigenvalue weighted by Crippen LogP contribution is 2.58. The number of hydrogen-bond donors (Lipinski definition) is 0.